The van der Waals surface area contributed by atoms with E-state index in [1.54, 1.807) is 6.92 Å². The molecule has 3 rings (SSSR count). The van der Waals surface area contributed by atoms with Crippen molar-refractivity contribution in [3.8, 4) is 23.7 Å². The van der Waals surface area contributed by atoms with Crippen LogP contribution in [0.5, 0.6) is 0 Å². The topological polar surface area (TPSA) is 0 Å². The van der Waals surface area contributed by atoms with E-state index in [4.69, 9.17) is 0 Å². The van der Waals surface area contributed by atoms with Gasteiger partial charge in [-0.2, -0.15) is 0 Å². The third-order valence-electron chi connectivity index (χ3n) is 4.99. The van der Waals surface area contributed by atoms with Crippen molar-refractivity contribution in [1.82, 2.24) is 0 Å². The van der Waals surface area contributed by atoms with Crippen molar-refractivity contribution in [3.05, 3.63) is 105 Å². The van der Waals surface area contributed by atoms with Crippen molar-refractivity contribution in [2.24, 2.45) is 0 Å². The molecule has 0 N–H and O–H groups in total. The van der Waals surface area contributed by atoms with Gasteiger partial charge in [-0.3, -0.25) is 0 Å². The van der Waals surface area contributed by atoms with Gasteiger partial charge in [-0.1, -0.05) is 50.4 Å². The van der Waals surface area contributed by atoms with Crippen molar-refractivity contribution in [1.29, 1.82) is 0 Å². The maximum absolute atomic E-state index is 14.5. The Labute approximate surface area is 194 Å². The summed E-state index contributed by atoms with van der Waals surface area (Å²) in [4.78, 5) is 0. The fourth-order valence-electron chi connectivity index (χ4n) is 3.38. The van der Waals surface area contributed by atoms with E-state index in [2.05, 4.69) is 23.7 Å². The zero-order valence-electron chi connectivity index (χ0n) is 18.6. The fourth-order valence-corrected chi connectivity index (χ4v) is 3.38. The number of benzene rings is 3. The van der Waals surface area contributed by atoms with Crippen LogP contribution in [0.4, 0.5) is 26.3 Å². The molecule has 0 fully saturated rings. The molecule has 34 heavy (non-hydrogen) atoms. The van der Waals surface area contributed by atoms with Gasteiger partial charge < -0.3 is 0 Å². The highest BCUT2D eigenvalue weighted by atomic mass is 19.2. The second kappa shape index (κ2) is 11.0. The van der Waals surface area contributed by atoms with Crippen LogP contribution in [0.1, 0.15) is 60.1 Å². The van der Waals surface area contributed by atoms with E-state index in [0.717, 1.165) is 24.3 Å². The lowest BCUT2D eigenvalue weighted by Crippen LogP contribution is -1.97. The minimum absolute atomic E-state index is 0.0683. The van der Waals surface area contributed by atoms with Crippen LogP contribution < -0.4 is 0 Å². The van der Waals surface area contributed by atoms with Crippen LogP contribution in [-0.4, -0.2) is 0 Å². The summed E-state index contributed by atoms with van der Waals surface area (Å²) >= 11 is 0. The molecule has 0 saturated carbocycles. The molecule has 6 heteroatoms. The molecule has 0 spiro atoms. The van der Waals surface area contributed by atoms with E-state index in [1.807, 2.05) is 6.92 Å². The van der Waals surface area contributed by atoms with Gasteiger partial charge in [-0.25, -0.2) is 26.3 Å². The maximum Gasteiger partial charge on any atom is 0.143 e. The first kappa shape index (κ1) is 25.0. The van der Waals surface area contributed by atoms with Gasteiger partial charge >= 0.3 is 0 Å². The smallest absolute Gasteiger partial charge is 0.143 e. The van der Waals surface area contributed by atoms with Gasteiger partial charge in [-0.15, -0.1) is 0 Å². The summed E-state index contributed by atoms with van der Waals surface area (Å²) < 4.78 is 85.4. The molecule has 0 aliphatic rings. The third kappa shape index (κ3) is 5.83. The molecule has 3 aromatic carbocycles. The van der Waals surface area contributed by atoms with Crippen LogP contribution in [0, 0.1) is 58.6 Å². The van der Waals surface area contributed by atoms with Crippen molar-refractivity contribution in [2.45, 2.75) is 39.5 Å². The number of hydrogen-bond acceptors (Lipinski definition) is 0. The Bertz CT molecular complexity index is 1280. The molecule has 0 saturated heterocycles. The summed E-state index contributed by atoms with van der Waals surface area (Å²) in [6.45, 7) is 3.66. The Balaban J connectivity index is 1.90. The zero-order chi connectivity index (χ0) is 24.8. The van der Waals surface area contributed by atoms with Crippen LogP contribution in [0.15, 0.2) is 36.4 Å². The first-order chi connectivity index (χ1) is 16.2. The van der Waals surface area contributed by atoms with Gasteiger partial charge in [0.2, 0.25) is 0 Å². The summed E-state index contributed by atoms with van der Waals surface area (Å²) in [6.07, 6.45) is 1.98. The first-order valence-corrected chi connectivity index (χ1v) is 10.7. The Morgan fingerprint density at radius 2 is 0.882 bits per heavy atom. The lowest BCUT2D eigenvalue weighted by atomic mass is 10.0. The SMILES string of the molecule is CCCc1cc(F)c(C#Cc2cc(F)c(C#Cc3cc(F)c(CCC)c(F)c3)c(F)c2)c(F)c1. The van der Waals surface area contributed by atoms with Gasteiger partial charge in [0.05, 0.1) is 11.1 Å². The van der Waals surface area contributed by atoms with Crippen LogP contribution in [0.3, 0.4) is 0 Å². The van der Waals surface area contributed by atoms with Crippen molar-refractivity contribution < 1.29 is 26.3 Å². The van der Waals surface area contributed by atoms with Gasteiger partial charge in [0.1, 0.15) is 34.9 Å². The molecule has 0 radical (unpaired) electrons. The van der Waals surface area contributed by atoms with Gasteiger partial charge in [-0.05, 0) is 54.8 Å². The second-order valence-corrected chi connectivity index (χ2v) is 7.67. The molecule has 0 aromatic heterocycles. The normalized spacial score (nSPS) is 10.4. The number of rotatable bonds is 4. The van der Waals surface area contributed by atoms with E-state index < -0.39 is 46.0 Å². The van der Waals surface area contributed by atoms with Gasteiger partial charge in [0.15, 0.2) is 0 Å². The zero-order valence-corrected chi connectivity index (χ0v) is 18.6. The number of aryl methyl sites for hydroxylation is 1. The summed E-state index contributed by atoms with van der Waals surface area (Å²) in [7, 11) is 0. The summed E-state index contributed by atoms with van der Waals surface area (Å²) in [5, 5.41) is 0. The molecule has 0 nitrogen and oxygen atoms in total. The predicted molar refractivity (Wildman–Crippen MR) is 119 cm³/mol. The molecule has 174 valence electrons. The predicted octanol–water partition coefficient (Wildman–Crippen LogP) is 7.23. The van der Waals surface area contributed by atoms with Crippen molar-refractivity contribution in [2.75, 3.05) is 0 Å². The quantitative estimate of drug-likeness (QED) is 0.279. The average molecular weight is 470 g/mol. The fraction of sp³-hybridized carbons (Fsp3) is 0.214. The minimum Gasteiger partial charge on any atom is -0.207 e. The standard InChI is InChI=1S/C28H20F6/c1-3-5-17-11-25(31)21(26(32)12-17)9-8-19-15-27(33)22(28(34)16-19)10-7-18-13-23(29)20(6-4-2)24(30)14-18/h11-16H,3-6H2,1-2H3. The lowest BCUT2D eigenvalue weighted by molar-refractivity contribution is 0.552. The van der Waals surface area contributed by atoms with Crippen LogP contribution in [-0.2, 0) is 12.8 Å². The van der Waals surface area contributed by atoms with Crippen LogP contribution >= 0.6 is 0 Å². The Hall–Kier alpha value is -3.64. The van der Waals surface area contributed by atoms with Crippen molar-refractivity contribution in [3.63, 3.8) is 0 Å². The molecule has 3 aromatic rings. The molecular formula is C28H20F6. The van der Waals surface area contributed by atoms with Crippen molar-refractivity contribution >= 4 is 0 Å². The van der Waals surface area contributed by atoms with Crippen LogP contribution in [0.2, 0.25) is 0 Å². The Morgan fingerprint density at radius 3 is 1.29 bits per heavy atom. The Morgan fingerprint density at radius 1 is 0.500 bits per heavy atom. The largest absolute Gasteiger partial charge is 0.207 e. The minimum atomic E-state index is -1.07. The van der Waals surface area contributed by atoms with Gasteiger partial charge in [0.25, 0.3) is 0 Å². The first-order valence-electron chi connectivity index (χ1n) is 10.7. The second-order valence-electron chi connectivity index (χ2n) is 7.67. The molecule has 0 unspecified atom stereocenters. The van der Waals surface area contributed by atoms with E-state index in [-0.39, 0.29) is 23.1 Å². The molecule has 0 aliphatic heterocycles. The maximum atomic E-state index is 14.5. The summed E-state index contributed by atoms with van der Waals surface area (Å²) in [6, 6.07) is 6.10. The number of hydrogen-bond donors (Lipinski definition) is 0. The van der Waals surface area contributed by atoms with E-state index in [0.29, 0.717) is 24.8 Å². The molecule has 0 bridgehead atoms. The molecular weight excluding hydrogens is 450 g/mol. The van der Waals surface area contributed by atoms with Gasteiger partial charge in [0, 0.05) is 16.7 Å². The summed E-state index contributed by atoms with van der Waals surface area (Å²) in [5.74, 6) is 3.81. The lowest BCUT2D eigenvalue weighted by Gasteiger charge is -2.04. The highest BCUT2D eigenvalue weighted by Crippen LogP contribution is 2.19. The third-order valence-corrected chi connectivity index (χ3v) is 4.99. The van der Waals surface area contributed by atoms with E-state index in [9.17, 15) is 26.3 Å². The Kier molecular flexibility index (Phi) is 8.08. The average Bonchev–Trinajstić information content (AvgIpc) is 2.75. The van der Waals surface area contributed by atoms with E-state index in [1.165, 1.54) is 12.1 Å². The van der Waals surface area contributed by atoms with Crippen LogP contribution in [0.25, 0.3) is 0 Å². The highest BCUT2D eigenvalue weighted by molar-refractivity contribution is 5.50. The molecule has 0 atom stereocenters. The molecule has 0 amide bonds. The monoisotopic (exact) mass is 470 g/mol. The van der Waals surface area contributed by atoms with E-state index >= 15 is 0 Å². The molecule has 0 aliphatic carbocycles. The molecule has 0 heterocycles. The highest BCUT2D eigenvalue weighted by Gasteiger charge is 2.12. The number of halogens is 6. The summed E-state index contributed by atoms with van der Waals surface area (Å²) in [5.41, 5.74) is -0.928.